The molecule has 2 saturated heterocycles. The van der Waals surface area contributed by atoms with E-state index in [1.165, 1.54) is 35.3 Å². The van der Waals surface area contributed by atoms with Crippen LogP contribution in [0.25, 0.3) is 0 Å². The maximum atomic E-state index is 12.8. The number of carboxylic acid groups (broad SMARTS) is 2. The molecule has 0 aromatic carbocycles. The summed E-state index contributed by atoms with van der Waals surface area (Å²) in [6, 6.07) is -0.913. The molecule has 1 aromatic heterocycles. The normalized spacial score (nSPS) is 26.0. The van der Waals surface area contributed by atoms with E-state index in [2.05, 4.69) is 19.8 Å². The van der Waals surface area contributed by atoms with E-state index in [0.717, 1.165) is 11.5 Å². The summed E-state index contributed by atoms with van der Waals surface area (Å²) in [5.74, 6) is -2.88. The summed E-state index contributed by atoms with van der Waals surface area (Å²) in [6.07, 6.45) is -1.34. The fourth-order valence-corrected chi connectivity index (χ4v) is 6.28. The Morgan fingerprint density at radius 1 is 1.47 bits per heavy atom. The summed E-state index contributed by atoms with van der Waals surface area (Å²) < 4.78 is 2.79. The zero-order valence-electron chi connectivity index (χ0n) is 16.9. The van der Waals surface area contributed by atoms with Gasteiger partial charge in [0.2, 0.25) is 23.5 Å². The first-order valence-corrected chi connectivity index (χ1v) is 12.1. The van der Waals surface area contributed by atoms with Gasteiger partial charge in [0.25, 0.3) is 5.91 Å². The number of rotatable bonds is 9. The summed E-state index contributed by atoms with van der Waals surface area (Å²) in [5, 5.41) is 24.3. The Bertz CT molecular complexity index is 972. The molecule has 0 spiro atoms. The Morgan fingerprint density at radius 3 is 2.75 bits per heavy atom. The number of thioether (sulfide) groups is 2. The number of nitrogens with one attached hydrogen (secondary N) is 1. The van der Waals surface area contributed by atoms with Crippen LogP contribution in [0.3, 0.4) is 0 Å². The summed E-state index contributed by atoms with van der Waals surface area (Å²) in [7, 11) is 0. The number of carboxylic acids is 2. The third-order valence-electron chi connectivity index (χ3n) is 4.67. The second-order valence-electron chi connectivity index (χ2n) is 6.83. The van der Waals surface area contributed by atoms with Gasteiger partial charge in [-0.05, 0) is 12.7 Å². The van der Waals surface area contributed by atoms with E-state index in [-0.39, 0.29) is 23.3 Å². The zero-order chi connectivity index (χ0) is 23.6. The molecule has 4 atom stereocenters. The van der Waals surface area contributed by atoms with Crippen LogP contribution in [0.2, 0.25) is 0 Å². The summed E-state index contributed by atoms with van der Waals surface area (Å²) in [5.41, 5.74) is 5.12. The Hall–Kier alpha value is -2.59. The van der Waals surface area contributed by atoms with Crippen molar-refractivity contribution in [3.63, 3.8) is 0 Å². The lowest BCUT2D eigenvalue weighted by Crippen LogP contribution is -2.74. The van der Waals surface area contributed by atoms with Crippen molar-refractivity contribution < 1.29 is 34.2 Å². The van der Waals surface area contributed by atoms with Crippen molar-refractivity contribution in [3.05, 3.63) is 5.82 Å². The first kappa shape index (κ1) is 24.1. The molecule has 3 unspecified atom stereocenters. The third-order valence-corrected chi connectivity index (χ3v) is 8.21. The Balaban J connectivity index is 1.74. The molecule has 3 rings (SSSR count). The molecule has 0 bridgehead atoms. The highest BCUT2D eigenvalue weighted by Gasteiger charge is 2.57. The second-order valence-corrected chi connectivity index (χ2v) is 10.4. The number of fused-ring (bicyclic) bond motifs is 1. The number of carbonyl (C=O) groups is 4. The average molecular weight is 505 g/mol. The molecule has 5 N–H and O–H groups in total. The van der Waals surface area contributed by atoms with Gasteiger partial charge in [-0.15, -0.1) is 23.5 Å². The van der Waals surface area contributed by atoms with Gasteiger partial charge in [-0.3, -0.25) is 14.4 Å². The van der Waals surface area contributed by atoms with Crippen molar-refractivity contribution in [2.45, 2.75) is 36.1 Å². The maximum Gasteiger partial charge on any atom is 0.347 e. The van der Waals surface area contributed by atoms with Gasteiger partial charge in [0.15, 0.2) is 5.13 Å². The predicted octanol–water partition coefficient (Wildman–Crippen LogP) is -0.709. The summed E-state index contributed by atoms with van der Waals surface area (Å²) in [4.78, 5) is 58.4. The van der Waals surface area contributed by atoms with Crippen LogP contribution in [0.1, 0.15) is 19.7 Å². The first-order chi connectivity index (χ1) is 15.1. The number of hydrogen-bond acceptors (Lipinski definition) is 12. The van der Waals surface area contributed by atoms with Gasteiger partial charge in [-0.1, -0.05) is 12.1 Å². The molecule has 0 aliphatic carbocycles. The van der Waals surface area contributed by atoms with E-state index >= 15 is 0 Å². The van der Waals surface area contributed by atoms with Crippen molar-refractivity contribution in [2.75, 3.05) is 23.8 Å². The number of hydrogen-bond donors (Lipinski definition) is 4. The van der Waals surface area contributed by atoms with E-state index in [1.807, 2.05) is 6.92 Å². The van der Waals surface area contributed by atoms with Gasteiger partial charge in [-0.2, -0.15) is 9.36 Å². The quantitative estimate of drug-likeness (QED) is 0.187. The number of nitrogen functional groups attached to an aromatic ring is 1. The zero-order valence-corrected chi connectivity index (χ0v) is 19.3. The Kier molecular flexibility index (Phi) is 7.14. The minimum atomic E-state index is -1.34. The first-order valence-electron chi connectivity index (χ1n) is 9.26. The Labute approximate surface area is 194 Å². The number of oxime groups is 1. The van der Waals surface area contributed by atoms with E-state index in [9.17, 15) is 24.3 Å². The van der Waals surface area contributed by atoms with Crippen LogP contribution in [-0.4, -0.2) is 94.3 Å². The topological polar surface area (TPSA) is 197 Å². The summed E-state index contributed by atoms with van der Waals surface area (Å²) in [6.45, 7) is 3.10. The second kappa shape index (κ2) is 9.50. The lowest BCUT2D eigenvalue weighted by Gasteiger charge is -2.53. The van der Waals surface area contributed by atoms with Gasteiger partial charge < -0.3 is 31.0 Å². The lowest BCUT2D eigenvalue weighted by atomic mass is 10.0. The third kappa shape index (κ3) is 4.61. The van der Waals surface area contributed by atoms with Gasteiger partial charge in [0.1, 0.15) is 16.2 Å². The number of amides is 2. The molecule has 32 heavy (non-hydrogen) atoms. The minimum Gasteiger partial charge on any atom is -0.480 e. The number of aliphatic carboxylic acids is 2. The van der Waals surface area contributed by atoms with Gasteiger partial charge in [-0.25, -0.2) is 4.79 Å². The maximum absolute atomic E-state index is 12.8. The molecule has 2 aliphatic rings. The monoisotopic (exact) mass is 504 g/mol. The molecule has 3 heterocycles. The molecular weight excluding hydrogens is 484 g/mol. The highest BCUT2D eigenvalue weighted by molar-refractivity contribution is 8.05. The SMILES string of the molecule is CCSC1(C(=O)O)CS[C@@H]2C(NC(=O)C(=NOC(C)C(=O)O)c3nsc(N)n3)C(=O)N2C1. The highest BCUT2D eigenvalue weighted by Crippen LogP contribution is 2.43. The number of β-lactam (4-membered cyclic amide) rings is 1. The van der Waals surface area contributed by atoms with Crippen LogP contribution in [0, 0.1) is 0 Å². The summed E-state index contributed by atoms with van der Waals surface area (Å²) >= 11 is 3.34. The predicted molar refractivity (Wildman–Crippen MR) is 117 cm³/mol. The average Bonchev–Trinajstić information content (AvgIpc) is 3.17. The molecule has 13 nitrogen and oxygen atoms in total. The number of anilines is 1. The molecule has 0 radical (unpaired) electrons. The molecule has 16 heteroatoms. The molecule has 2 amide bonds. The molecule has 2 aliphatic heterocycles. The van der Waals surface area contributed by atoms with Crippen LogP contribution in [0.5, 0.6) is 0 Å². The minimum absolute atomic E-state index is 0.0358. The van der Waals surface area contributed by atoms with Gasteiger partial charge in [0.05, 0.1) is 0 Å². The van der Waals surface area contributed by atoms with Gasteiger partial charge in [0, 0.05) is 23.8 Å². The number of carbonyl (C=O) groups excluding carboxylic acids is 2. The van der Waals surface area contributed by atoms with E-state index in [4.69, 9.17) is 15.7 Å². The van der Waals surface area contributed by atoms with Crippen LogP contribution >= 0.6 is 35.1 Å². The number of nitrogens with two attached hydrogens (primary N) is 1. The van der Waals surface area contributed by atoms with Crippen molar-refractivity contribution in [2.24, 2.45) is 5.16 Å². The van der Waals surface area contributed by atoms with Crippen LogP contribution in [0.4, 0.5) is 5.13 Å². The number of nitrogens with zero attached hydrogens (tertiary/aromatic N) is 4. The van der Waals surface area contributed by atoms with Crippen LogP contribution in [-0.2, 0) is 24.0 Å². The molecular formula is C16H20N6O7S3. The van der Waals surface area contributed by atoms with Crippen LogP contribution < -0.4 is 11.1 Å². The van der Waals surface area contributed by atoms with E-state index in [0.29, 0.717) is 5.75 Å². The molecule has 2 fully saturated rings. The van der Waals surface area contributed by atoms with Crippen molar-refractivity contribution >= 4 is 69.7 Å². The van der Waals surface area contributed by atoms with E-state index in [1.54, 1.807) is 0 Å². The largest absolute Gasteiger partial charge is 0.480 e. The smallest absolute Gasteiger partial charge is 0.347 e. The molecule has 0 saturated carbocycles. The molecule has 174 valence electrons. The van der Waals surface area contributed by atoms with Crippen molar-refractivity contribution in [1.82, 2.24) is 19.6 Å². The van der Waals surface area contributed by atoms with Gasteiger partial charge >= 0.3 is 11.9 Å². The van der Waals surface area contributed by atoms with Crippen LogP contribution in [0.15, 0.2) is 5.16 Å². The van der Waals surface area contributed by atoms with Crippen molar-refractivity contribution in [3.8, 4) is 0 Å². The number of aromatic nitrogens is 2. The lowest BCUT2D eigenvalue weighted by molar-refractivity contribution is -0.151. The highest BCUT2D eigenvalue weighted by atomic mass is 32.2. The molecule has 1 aromatic rings. The fourth-order valence-electron chi connectivity index (χ4n) is 3.01. The standard InChI is InChI=1S/C16H20N6O7S3/c1-3-31-16(14(27)28)4-22-11(24)8(12(22)30-5-16)18-10(23)7(9-19-15(17)32-21-9)20-29-6(2)13(25)26/h6,8,12H,3-5H2,1-2H3,(H,18,23)(H,25,26)(H,27,28)(H2,17,19,21)/t6?,8?,12-,16?/m1/s1. The van der Waals surface area contributed by atoms with Crippen molar-refractivity contribution in [1.29, 1.82) is 0 Å². The Morgan fingerprint density at radius 2 is 2.19 bits per heavy atom. The fraction of sp³-hybridized carbons (Fsp3) is 0.562. The van der Waals surface area contributed by atoms with E-state index < -0.39 is 51.7 Å².